The Morgan fingerprint density at radius 2 is 1.05 bits per heavy atom. The summed E-state index contributed by atoms with van der Waals surface area (Å²) in [6, 6.07) is 21.1. The van der Waals surface area contributed by atoms with Gasteiger partial charge in [0.15, 0.2) is 5.78 Å². The number of rotatable bonds is 22. The van der Waals surface area contributed by atoms with Crippen LogP contribution in [0.25, 0.3) is 6.08 Å². The summed E-state index contributed by atoms with van der Waals surface area (Å²) in [5.74, 6) is 1.37. The molecule has 0 aliphatic heterocycles. The fourth-order valence-electron chi connectivity index (χ4n) is 5.01. The molecular formula is C39H50O5. The molecule has 0 aromatic heterocycles. The highest BCUT2D eigenvalue weighted by atomic mass is 16.5. The number of unbranched alkanes of at least 4 members (excludes halogenated alkanes) is 13. The third-order valence-corrected chi connectivity index (χ3v) is 7.75. The van der Waals surface area contributed by atoms with Crippen LogP contribution in [-0.4, -0.2) is 25.5 Å². The molecule has 0 saturated carbocycles. The van der Waals surface area contributed by atoms with Crippen LogP contribution in [0.15, 0.2) is 78.9 Å². The number of hydrogen-bond acceptors (Lipinski definition) is 5. The number of carbonyl (C=O) groups excluding carboxylic acids is 2. The number of hydrogen-bond donors (Lipinski definition) is 0. The van der Waals surface area contributed by atoms with Crippen LogP contribution in [0, 0.1) is 0 Å². The van der Waals surface area contributed by atoms with E-state index in [4.69, 9.17) is 14.2 Å². The van der Waals surface area contributed by atoms with E-state index in [1.54, 1.807) is 73.8 Å². The largest absolute Gasteiger partial charge is 0.497 e. The monoisotopic (exact) mass is 598 g/mol. The first-order valence-corrected chi connectivity index (χ1v) is 16.5. The molecule has 0 saturated heterocycles. The summed E-state index contributed by atoms with van der Waals surface area (Å²) in [4.78, 5) is 25.0. The molecule has 0 spiro atoms. The molecule has 3 aromatic rings. The SMILES string of the molecule is CCCCCCCCCCCCCCCCOc1ccc(C(=O)Oc2ccc(/C=C/C(=O)c3ccc(OC)cc3)cc2)cc1. The van der Waals surface area contributed by atoms with Gasteiger partial charge in [0.05, 0.1) is 19.3 Å². The van der Waals surface area contributed by atoms with Crippen LogP contribution < -0.4 is 14.2 Å². The lowest BCUT2D eigenvalue weighted by molar-refractivity contribution is 0.0734. The highest BCUT2D eigenvalue weighted by Gasteiger charge is 2.09. The van der Waals surface area contributed by atoms with Gasteiger partial charge in [-0.15, -0.1) is 0 Å². The van der Waals surface area contributed by atoms with Crippen molar-refractivity contribution in [2.45, 2.75) is 96.8 Å². The van der Waals surface area contributed by atoms with Crippen molar-refractivity contribution in [3.05, 3.63) is 95.6 Å². The van der Waals surface area contributed by atoms with Crippen LogP contribution >= 0.6 is 0 Å². The van der Waals surface area contributed by atoms with Gasteiger partial charge in [0, 0.05) is 5.56 Å². The average molecular weight is 599 g/mol. The van der Waals surface area contributed by atoms with E-state index in [2.05, 4.69) is 6.92 Å². The Hall–Kier alpha value is -3.86. The van der Waals surface area contributed by atoms with E-state index >= 15 is 0 Å². The van der Waals surface area contributed by atoms with Gasteiger partial charge >= 0.3 is 5.97 Å². The first kappa shape index (κ1) is 34.6. The van der Waals surface area contributed by atoms with Crippen molar-refractivity contribution in [2.75, 3.05) is 13.7 Å². The van der Waals surface area contributed by atoms with Crippen molar-refractivity contribution in [2.24, 2.45) is 0 Å². The molecule has 0 radical (unpaired) electrons. The van der Waals surface area contributed by atoms with E-state index < -0.39 is 5.97 Å². The normalized spacial score (nSPS) is 11.0. The van der Waals surface area contributed by atoms with Crippen molar-refractivity contribution in [3.8, 4) is 17.2 Å². The fraction of sp³-hybridized carbons (Fsp3) is 0.436. The molecule has 236 valence electrons. The first-order valence-electron chi connectivity index (χ1n) is 16.5. The van der Waals surface area contributed by atoms with Crippen LogP contribution in [0.4, 0.5) is 0 Å². The second-order valence-corrected chi connectivity index (χ2v) is 11.4. The molecule has 5 heteroatoms. The van der Waals surface area contributed by atoms with Crippen molar-refractivity contribution < 1.29 is 23.8 Å². The summed E-state index contributed by atoms with van der Waals surface area (Å²) in [5.41, 5.74) is 1.87. The quantitative estimate of drug-likeness (QED) is 0.0378. The third-order valence-electron chi connectivity index (χ3n) is 7.75. The Kier molecular flexibility index (Phi) is 16.5. The molecule has 0 aliphatic rings. The van der Waals surface area contributed by atoms with E-state index in [1.807, 2.05) is 12.1 Å². The van der Waals surface area contributed by atoms with Crippen molar-refractivity contribution >= 4 is 17.8 Å². The van der Waals surface area contributed by atoms with Gasteiger partial charge < -0.3 is 14.2 Å². The molecule has 0 N–H and O–H groups in total. The Bertz CT molecular complexity index is 1240. The predicted octanol–water partition coefficient (Wildman–Crippen LogP) is 10.7. The molecule has 0 atom stereocenters. The lowest BCUT2D eigenvalue weighted by Gasteiger charge is -2.08. The maximum atomic E-state index is 12.6. The Labute approximate surface area is 264 Å². The molecule has 3 rings (SSSR count). The topological polar surface area (TPSA) is 61.8 Å². The average Bonchev–Trinajstić information content (AvgIpc) is 3.06. The zero-order chi connectivity index (χ0) is 31.2. The smallest absolute Gasteiger partial charge is 0.343 e. The maximum Gasteiger partial charge on any atom is 0.343 e. The summed E-state index contributed by atoms with van der Waals surface area (Å²) >= 11 is 0. The van der Waals surface area contributed by atoms with Crippen molar-refractivity contribution in [1.82, 2.24) is 0 Å². The summed E-state index contributed by atoms with van der Waals surface area (Å²) in [5, 5.41) is 0. The Balaban J connectivity index is 1.26. The molecule has 0 unspecified atom stereocenters. The van der Waals surface area contributed by atoms with Gasteiger partial charge in [-0.25, -0.2) is 4.79 Å². The van der Waals surface area contributed by atoms with Crippen LogP contribution in [0.2, 0.25) is 0 Å². The van der Waals surface area contributed by atoms with E-state index in [1.165, 1.54) is 89.5 Å². The number of ether oxygens (including phenoxy) is 3. The van der Waals surface area contributed by atoms with Gasteiger partial charge in [0.25, 0.3) is 0 Å². The minimum Gasteiger partial charge on any atom is -0.497 e. The summed E-state index contributed by atoms with van der Waals surface area (Å²) in [7, 11) is 1.59. The molecule has 44 heavy (non-hydrogen) atoms. The van der Waals surface area contributed by atoms with Crippen molar-refractivity contribution in [3.63, 3.8) is 0 Å². The molecule has 0 bridgehead atoms. The van der Waals surface area contributed by atoms with Gasteiger partial charge in [-0.1, -0.05) is 109 Å². The number of benzene rings is 3. The third kappa shape index (κ3) is 13.6. The van der Waals surface area contributed by atoms with Gasteiger partial charge in [0.2, 0.25) is 0 Å². The highest BCUT2D eigenvalue weighted by Crippen LogP contribution is 2.19. The number of allylic oxidation sites excluding steroid dienone is 1. The molecule has 0 amide bonds. The minimum atomic E-state index is -0.429. The van der Waals surface area contributed by atoms with Crippen LogP contribution in [0.1, 0.15) is 123 Å². The number of ketones is 1. The molecule has 5 nitrogen and oxygen atoms in total. The maximum absolute atomic E-state index is 12.6. The zero-order valence-corrected chi connectivity index (χ0v) is 26.7. The second-order valence-electron chi connectivity index (χ2n) is 11.4. The molecular weight excluding hydrogens is 548 g/mol. The molecule has 3 aromatic carbocycles. The summed E-state index contributed by atoms with van der Waals surface area (Å²) in [6.07, 6.45) is 22.0. The first-order chi connectivity index (χ1) is 21.6. The van der Waals surface area contributed by atoms with Gasteiger partial charge in [-0.2, -0.15) is 0 Å². The van der Waals surface area contributed by atoms with E-state index in [9.17, 15) is 9.59 Å². The van der Waals surface area contributed by atoms with E-state index in [0.717, 1.165) is 17.7 Å². The van der Waals surface area contributed by atoms with Crippen LogP contribution in [-0.2, 0) is 0 Å². The van der Waals surface area contributed by atoms with Gasteiger partial charge in [0.1, 0.15) is 17.2 Å². The van der Waals surface area contributed by atoms with Gasteiger partial charge in [-0.3, -0.25) is 4.79 Å². The lowest BCUT2D eigenvalue weighted by Crippen LogP contribution is -2.08. The van der Waals surface area contributed by atoms with E-state index in [0.29, 0.717) is 29.2 Å². The molecule has 0 fully saturated rings. The lowest BCUT2D eigenvalue weighted by atomic mass is 10.0. The number of methoxy groups -OCH3 is 1. The minimum absolute atomic E-state index is 0.102. The summed E-state index contributed by atoms with van der Waals surface area (Å²) in [6.45, 7) is 2.96. The Morgan fingerprint density at radius 1 is 0.568 bits per heavy atom. The fourth-order valence-corrected chi connectivity index (χ4v) is 5.01. The molecule has 0 heterocycles. The standard InChI is InChI=1S/C39H50O5/c1-3-4-5-6-7-8-9-10-11-12-13-14-15-16-31-43-36-28-22-34(23-29-36)39(41)44-37-24-17-32(18-25-37)19-30-38(40)33-20-26-35(42-2)27-21-33/h17-30H,3-16,31H2,1-2H3/b30-19+. The van der Waals surface area contributed by atoms with E-state index in [-0.39, 0.29) is 5.78 Å². The van der Waals surface area contributed by atoms with Crippen LogP contribution in [0.3, 0.4) is 0 Å². The number of esters is 1. The van der Waals surface area contributed by atoms with Crippen molar-refractivity contribution in [1.29, 1.82) is 0 Å². The zero-order valence-electron chi connectivity index (χ0n) is 26.7. The predicted molar refractivity (Wildman–Crippen MR) is 180 cm³/mol. The highest BCUT2D eigenvalue weighted by molar-refractivity contribution is 6.06. The summed E-state index contributed by atoms with van der Waals surface area (Å²) < 4.78 is 16.5. The van der Waals surface area contributed by atoms with Gasteiger partial charge in [-0.05, 0) is 78.7 Å². The number of carbonyl (C=O) groups is 2. The Morgan fingerprint density at radius 3 is 1.59 bits per heavy atom. The molecule has 0 aliphatic carbocycles. The van der Waals surface area contributed by atoms with Crippen LogP contribution in [0.5, 0.6) is 17.2 Å². The second kappa shape index (κ2) is 20.9.